The predicted molar refractivity (Wildman–Crippen MR) is 68.3 cm³/mol. The monoisotopic (exact) mass is 266 g/mol. The molecule has 5 N–H and O–H groups in total. The normalized spacial score (nSPS) is 9.61. The number of aromatic hydroxyl groups is 1. The molecule has 5 nitrogen and oxygen atoms in total. The van der Waals surface area contributed by atoms with Gasteiger partial charge >= 0.3 is 5.97 Å². The lowest BCUT2D eigenvalue weighted by molar-refractivity contribution is 0.0687. The molecule has 0 fully saturated rings. The summed E-state index contributed by atoms with van der Waals surface area (Å²) in [5.41, 5.74) is 0.655. The highest BCUT2D eigenvalue weighted by Crippen LogP contribution is 2.32. The Morgan fingerprint density at radius 1 is 1.28 bits per heavy atom. The smallest absolute Gasteiger partial charge is 0.358 e. The van der Waals surface area contributed by atoms with Crippen molar-refractivity contribution in [3.8, 4) is 16.9 Å². The van der Waals surface area contributed by atoms with Crippen LogP contribution in [0.25, 0.3) is 11.1 Å². The summed E-state index contributed by atoms with van der Waals surface area (Å²) in [4.78, 5) is 14.4. The molecule has 1 aromatic heterocycles. The third-order valence-electron chi connectivity index (χ3n) is 2.26. The Morgan fingerprint density at radius 2 is 2.00 bits per heavy atom. The van der Waals surface area contributed by atoms with Gasteiger partial charge in [-0.25, -0.2) is 9.78 Å². The second-order valence-corrected chi connectivity index (χ2v) is 3.81. The summed E-state index contributed by atoms with van der Waals surface area (Å²) in [5.74, 6) is -1.63. The SMILES string of the molecule is N.O=C(O)c1nccc(-c2cccc(Cl)c2)c1O. The molecular weight excluding hydrogens is 256 g/mol. The molecule has 18 heavy (non-hydrogen) atoms. The molecule has 2 rings (SSSR count). The van der Waals surface area contributed by atoms with Crippen molar-refractivity contribution in [1.82, 2.24) is 11.1 Å². The van der Waals surface area contributed by atoms with Gasteiger partial charge in [0, 0.05) is 16.8 Å². The van der Waals surface area contributed by atoms with Crippen LogP contribution < -0.4 is 6.15 Å². The van der Waals surface area contributed by atoms with Crippen LogP contribution in [0.15, 0.2) is 36.5 Å². The maximum Gasteiger partial charge on any atom is 0.358 e. The standard InChI is InChI=1S/C12H8ClNO3.H3N/c13-8-3-1-2-7(6-8)9-4-5-14-10(11(9)15)12(16)17;/h1-6,15H,(H,16,17);1H3. The van der Waals surface area contributed by atoms with Gasteiger partial charge in [-0.3, -0.25) is 0 Å². The Bertz CT molecular complexity index is 587. The summed E-state index contributed by atoms with van der Waals surface area (Å²) < 4.78 is 0. The molecule has 1 heterocycles. The number of hydrogen-bond acceptors (Lipinski definition) is 4. The number of aromatic nitrogens is 1. The lowest BCUT2D eigenvalue weighted by atomic mass is 10.0. The molecule has 1 aromatic carbocycles. The van der Waals surface area contributed by atoms with Crippen molar-refractivity contribution < 1.29 is 15.0 Å². The molecule has 2 aromatic rings. The van der Waals surface area contributed by atoms with Crippen LogP contribution in [-0.2, 0) is 0 Å². The second-order valence-electron chi connectivity index (χ2n) is 3.37. The third kappa shape index (κ3) is 2.58. The number of hydrogen-bond donors (Lipinski definition) is 3. The van der Waals surface area contributed by atoms with Gasteiger partial charge in [0.05, 0.1) is 0 Å². The van der Waals surface area contributed by atoms with E-state index in [4.69, 9.17) is 16.7 Å². The van der Waals surface area contributed by atoms with Crippen molar-refractivity contribution in [1.29, 1.82) is 0 Å². The van der Waals surface area contributed by atoms with Gasteiger partial charge in [-0.05, 0) is 23.8 Å². The second kappa shape index (κ2) is 5.48. The minimum atomic E-state index is -1.27. The molecule has 0 atom stereocenters. The van der Waals surface area contributed by atoms with Crippen LogP contribution >= 0.6 is 11.6 Å². The molecular formula is C12H11ClN2O3. The first-order chi connectivity index (χ1) is 8.09. The Balaban J connectivity index is 0.00000162. The lowest BCUT2D eigenvalue weighted by Crippen LogP contribution is -2.00. The van der Waals surface area contributed by atoms with E-state index in [1.807, 2.05) is 0 Å². The zero-order chi connectivity index (χ0) is 12.4. The zero-order valence-corrected chi connectivity index (χ0v) is 10.1. The molecule has 0 aliphatic rings. The average Bonchev–Trinajstić information content (AvgIpc) is 2.29. The fourth-order valence-corrected chi connectivity index (χ4v) is 1.69. The molecule has 0 amide bonds. The van der Waals surface area contributed by atoms with Crippen molar-refractivity contribution in [3.63, 3.8) is 0 Å². The van der Waals surface area contributed by atoms with Crippen LogP contribution in [0.4, 0.5) is 0 Å². The van der Waals surface area contributed by atoms with E-state index >= 15 is 0 Å². The van der Waals surface area contributed by atoms with Gasteiger partial charge in [0.15, 0.2) is 11.4 Å². The van der Waals surface area contributed by atoms with Gasteiger partial charge in [0.25, 0.3) is 0 Å². The van der Waals surface area contributed by atoms with E-state index in [0.29, 0.717) is 16.1 Å². The molecule has 0 unspecified atom stereocenters. The minimum absolute atomic E-state index is 0. The molecule has 0 saturated heterocycles. The van der Waals surface area contributed by atoms with Crippen LogP contribution in [0.1, 0.15) is 10.5 Å². The number of nitrogens with zero attached hydrogens (tertiary/aromatic N) is 1. The highest BCUT2D eigenvalue weighted by Gasteiger charge is 2.15. The maximum absolute atomic E-state index is 10.8. The van der Waals surface area contributed by atoms with Gasteiger partial charge in [-0.1, -0.05) is 23.7 Å². The maximum atomic E-state index is 10.8. The third-order valence-corrected chi connectivity index (χ3v) is 2.50. The van der Waals surface area contributed by atoms with Gasteiger partial charge in [-0.2, -0.15) is 0 Å². The fourth-order valence-electron chi connectivity index (χ4n) is 1.50. The van der Waals surface area contributed by atoms with Gasteiger partial charge in [0.2, 0.25) is 0 Å². The highest BCUT2D eigenvalue weighted by molar-refractivity contribution is 6.30. The average molecular weight is 267 g/mol. The molecule has 0 aliphatic heterocycles. The summed E-state index contributed by atoms with van der Waals surface area (Å²) in [6.07, 6.45) is 1.33. The van der Waals surface area contributed by atoms with E-state index in [0.717, 1.165) is 0 Å². The first kappa shape index (κ1) is 14.0. The van der Waals surface area contributed by atoms with E-state index in [1.54, 1.807) is 24.3 Å². The number of carbonyl (C=O) groups is 1. The molecule has 0 bridgehead atoms. The van der Waals surface area contributed by atoms with E-state index in [1.165, 1.54) is 12.3 Å². The number of rotatable bonds is 2. The minimum Gasteiger partial charge on any atom is -0.505 e. The number of benzene rings is 1. The Labute approximate surface area is 108 Å². The fraction of sp³-hybridized carbons (Fsp3) is 0. The van der Waals surface area contributed by atoms with Crippen molar-refractivity contribution in [3.05, 3.63) is 47.2 Å². The van der Waals surface area contributed by atoms with Crippen molar-refractivity contribution in [2.24, 2.45) is 0 Å². The Morgan fingerprint density at radius 3 is 2.61 bits per heavy atom. The van der Waals surface area contributed by atoms with Gasteiger partial charge in [0.1, 0.15) is 0 Å². The van der Waals surface area contributed by atoms with Crippen molar-refractivity contribution in [2.75, 3.05) is 0 Å². The first-order valence-electron chi connectivity index (χ1n) is 4.77. The summed E-state index contributed by atoms with van der Waals surface area (Å²) >= 11 is 5.84. The first-order valence-corrected chi connectivity index (χ1v) is 5.14. The van der Waals surface area contributed by atoms with Crippen LogP contribution in [0, 0.1) is 0 Å². The van der Waals surface area contributed by atoms with E-state index < -0.39 is 5.97 Å². The number of aromatic carboxylic acids is 1. The highest BCUT2D eigenvalue weighted by atomic mass is 35.5. The number of carboxylic acid groups (broad SMARTS) is 1. The summed E-state index contributed by atoms with van der Waals surface area (Å²) in [6, 6.07) is 8.32. The predicted octanol–water partition coefficient (Wildman–Crippen LogP) is 2.97. The number of pyridine rings is 1. The molecule has 0 aliphatic carbocycles. The van der Waals surface area contributed by atoms with Gasteiger partial charge in [-0.15, -0.1) is 0 Å². The van der Waals surface area contributed by atoms with E-state index in [9.17, 15) is 9.90 Å². The van der Waals surface area contributed by atoms with E-state index in [2.05, 4.69) is 4.98 Å². The zero-order valence-electron chi connectivity index (χ0n) is 9.30. The van der Waals surface area contributed by atoms with Gasteiger partial charge < -0.3 is 16.4 Å². The summed E-state index contributed by atoms with van der Waals surface area (Å²) in [6.45, 7) is 0. The Kier molecular flexibility index (Phi) is 4.25. The molecule has 94 valence electrons. The van der Waals surface area contributed by atoms with Crippen molar-refractivity contribution >= 4 is 17.6 Å². The quantitative estimate of drug-likeness (QED) is 0.775. The van der Waals surface area contributed by atoms with Crippen LogP contribution in [0.2, 0.25) is 5.02 Å². The topological polar surface area (TPSA) is 105 Å². The summed E-state index contributed by atoms with van der Waals surface area (Å²) in [7, 11) is 0. The number of carboxylic acids is 1. The molecule has 0 radical (unpaired) electrons. The van der Waals surface area contributed by atoms with Crippen LogP contribution in [0.3, 0.4) is 0 Å². The molecule has 0 saturated carbocycles. The van der Waals surface area contributed by atoms with Crippen molar-refractivity contribution in [2.45, 2.75) is 0 Å². The molecule has 0 spiro atoms. The Hall–Kier alpha value is -2.11. The van der Waals surface area contributed by atoms with E-state index in [-0.39, 0.29) is 17.6 Å². The van der Waals surface area contributed by atoms with Crippen LogP contribution in [-0.4, -0.2) is 21.2 Å². The molecule has 6 heteroatoms. The number of halogens is 1. The largest absolute Gasteiger partial charge is 0.505 e. The lowest BCUT2D eigenvalue weighted by Gasteiger charge is -2.06. The van der Waals surface area contributed by atoms with Crippen LogP contribution in [0.5, 0.6) is 5.75 Å². The summed E-state index contributed by atoms with van der Waals surface area (Å²) in [5, 5.41) is 19.2.